The molecular weight excluding hydrogens is 426 g/mol. The SMILES string of the molecule is Cc1cc(C)c2c(CC(=O)Nc3ccc(Nc4cc(-c5ccccc5)ncn4)cc3)noc2c1. The third-order valence-corrected chi connectivity index (χ3v) is 5.49. The molecule has 2 aromatic heterocycles. The van der Waals surface area contributed by atoms with Gasteiger partial charge in [0, 0.05) is 28.4 Å². The summed E-state index contributed by atoms with van der Waals surface area (Å²) < 4.78 is 5.42. The number of carbonyl (C=O) groups excluding carboxylic acids is 1. The van der Waals surface area contributed by atoms with Gasteiger partial charge in [0.1, 0.15) is 17.8 Å². The Bertz CT molecular complexity index is 1460. The second-order valence-electron chi connectivity index (χ2n) is 8.17. The zero-order chi connectivity index (χ0) is 23.5. The van der Waals surface area contributed by atoms with Crippen LogP contribution in [0.25, 0.3) is 22.2 Å². The van der Waals surface area contributed by atoms with Crippen molar-refractivity contribution in [2.24, 2.45) is 0 Å². The lowest BCUT2D eigenvalue weighted by atomic mass is 10.0. The summed E-state index contributed by atoms with van der Waals surface area (Å²) in [5, 5.41) is 11.2. The summed E-state index contributed by atoms with van der Waals surface area (Å²) in [7, 11) is 0. The van der Waals surface area contributed by atoms with Gasteiger partial charge in [0.15, 0.2) is 5.58 Å². The van der Waals surface area contributed by atoms with Crippen LogP contribution in [0.2, 0.25) is 0 Å². The lowest BCUT2D eigenvalue weighted by molar-refractivity contribution is -0.115. The lowest BCUT2D eigenvalue weighted by Gasteiger charge is -2.09. The molecule has 0 atom stereocenters. The largest absolute Gasteiger partial charge is 0.356 e. The average molecular weight is 450 g/mol. The Kier molecular flexibility index (Phi) is 5.74. The first-order valence-electron chi connectivity index (χ1n) is 10.9. The number of nitrogens with one attached hydrogen (secondary N) is 2. The van der Waals surface area contributed by atoms with Crippen molar-refractivity contribution in [2.45, 2.75) is 20.3 Å². The summed E-state index contributed by atoms with van der Waals surface area (Å²) in [4.78, 5) is 21.3. The van der Waals surface area contributed by atoms with E-state index in [1.165, 1.54) is 6.33 Å². The van der Waals surface area contributed by atoms with Crippen LogP contribution >= 0.6 is 0 Å². The van der Waals surface area contributed by atoms with E-state index in [2.05, 4.69) is 31.8 Å². The van der Waals surface area contributed by atoms with E-state index in [0.29, 0.717) is 22.8 Å². The molecule has 2 N–H and O–H groups in total. The normalized spacial score (nSPS) is 10.9. The summed E-state index contributed by atoms with van der Waals surface area (Å²) >= 11 is 0. The van der Waals surface area contributed by atoms with Crippen molar-refractivity contribution in [1.29, 1.82) is 0 Å². The topological polar surface area (TPSA) is 92.9 Å². The van der Waals surface area contributed by atoms with Crippen LogP contribution in [0.15, 0.2) is 83.6 Å². The van der Waals surface area contributed by atoms with Gasteiger partial charge in [0.05, 0.1) is 12.1 Å². The van der Waals surface area contributed by atoms with Crippen LogP contribution in [0.3, 0.4) is 0 Å². The lowest BCUT2D eigenvalue weighted by Crippen LogP contribution is -2.14. The van der Waals surface area contributed by atoms with Gasteiger partial charge in [-0.1, -0.05) is 41.6 Å². The van der Waals surface area contributed by atoms with Crippen molar-refractivity contribution in [2.75, 3.05) is 10.6 Å². The minimum absolute atomic E-state index is 0.139. The van der Waals surface area contributed by atoms with E-state index in [9.17, 15) is 4.79 Å². The van der Waals surface area contributed by atoms with Crippen LogP contribution in [-0.4, -0.2) is 21.0 Å². The predicted molar refractivity (Wildman–Crippen MR) is 133 cm³/mol. The fourth-order valence-corrected chi connectivity index (χ4v) is 3.98. The van der Waals surface area contributed by atoms with E-state index in [-0.39, 0.29) is 12.3 Å². The van der Waals surface area contributed by atoms with E-state index in [0.717, 1.165) is 33.5 Å². The van der Waals surface area contributed by atoms with Gasteiger partial charge in [0.2, 0.25) is 5.91 Å². The molecule has 168 valence electrons. The van der Waals surface area contributed by atoms with E-state index >= 15 is 0 Å². The minimum atomic E-state index is -0.154. The molecule has 0 aliphatic carbocycles. The van der Waals surface area contributed by atoms with Crippen molar-refractivity contribution >= 4 is 34.1 Å². The smallest absolute Gasteiger partial charge is 0.230 e. The number of amides is 1. The monoisotopic (exact) mass is 449 g/mol. The second kappa shape index (κ2) is 9.15. The first-order chi connectivity index (χ1) is 16.5. The minimum Gasteiger partial charge on any atom is -0.356 e. The summed E-state index contributed by atoms with van der Waals surface area (Å²) in [6.45, 7) is 4.01. The van der Waals surface area contributed by atoms with Gasteiger partial charge in [-0.15, -0.1) is 0 Å². The number of aromatic nitrogens is 3. The molecule has 0 aliphatic heterocycles. The number of aryl methyl sites for hydroxylation is 2. The molecule has 3 aromatic carbocycles. The van der Waals surface area contributed by atoms with Crippen molar-refractivity contribution < 1.29 is 9.32 Å². The van der Waals surface area contributed by atoms with Crippen molar-refractivity contribution in [3.63, 3.8) is 0 Å². The molecule has 0 saturated carbocycles. The standard InChI is InChI=1S/C27H23N5O2/c1-17-12-18(2)27-23(32-34-24(27)13-17)15-26(33)31-21-10-8-20(9-11-21)30-25-14-22(28-16-29-25)19-6-4-3-5-7-19/h3-14,16H,15H2,1-2H3,(H,31,33)(H,28,29,30). The molecule has 0 unspecified atom stereocenters. The highest BCUT2D eigenvalue weighted by Crippen LogP contribution is 2.25. The van der Waals surface area contributed by atoms with E-state index in [4.69, 9.17) is 4.52 Å². The van der Waals surface area contributed by atoms with E-state index in [1.54, 1.807) is 0 Å². The summed E-state index contributed by atoms with van der Waals surface area (Å²) in [5.41, 5.74) is 6.91. The van der Waals surface area contributed by atoms with Gasteiger partial charge in [-0.2, -0.15) is 0 Å². The molecule has 0 bridgehead atoms. The summed E-state index contributed by atoms with van der Waals surface area (Å²) in [6.07, 6.45) is 1.68. The molecule has 7 heteroatoms. The highest BCUT2D eigenvalue weighted by atomic mass is 16.5. The van der Waals surface area contributed by atoms with Crippen molar-refractivity contribution in [1.82, 2.24) is 15.1 Å². The Labute approximate surface area is 196 Å². The number of hydrogen-bond acceptors (Lipinski definition) is 6. The van der Waals surface area contributed by atoms with Gasteiger partial charge in [-0.05, 0) is 55.3 Å². The molecular formula is C27H23N5O2. The summed E-state index contributed by atoms with van der Waals surface area (Å²) in [6, 6.07) is 23.3. The van der Waals surface area contributed by atoms with Gasteiger partial charge in [-0.25, -0.2) is 9.97 Å². The molecule has 1 amide bonds. The third-order valence-electron chi connectivity index (χ3n) is 5.49. The molecule has 34 heavy (non-hydrogen) atoms. The molecule has 5 aromatic rings. The first-order valence-corrected chi connectivity index (χ1v) is 10.9. The Morgan fingerprint density at radius 3 is 2.47 bits per heavy atom. The van der Waals surface area contributed by atoms with Gasteiger partial charge in [-0.3, -0.25) is 4.79 Å². The number of benzene rings is 3. The Hall–Kier alpha value is -4.52. The maximum atomic E-state index is 12.6. The Morgan fingerprint density at radius 1 is 0.912 bits per heavy atom. The Morgan fingerprint density at radius 2 is 1.68 bits per heavy atom. The Balaban J connectivity index is 1.24. The molecule has 0 radical (unpaired) electrons. The van der Waals surface area contributed by atoms with Crippen molar-refractivity contribution in [3.05, 3.63) is 95.9 Å². The number of fused-ring (bicyclic) bond motifs is 1. The molecule has 0 fully saturated rings. The maximum Gasteiger partial charge on any atom is 0.230 e. The zero-order valence-electron chi connectivity index (χ0n) is 18.9. The van der Waals surface area contributed by atoms with E-state index in [1.807, 2.05) is 80.6 Å². The summed E-state index contributed by atoms with van der Waals surface area (Å²) in [5.74, 6) is 0.536. The van der Waals surface area contributed by atoms with E-state index < -0.39 is 0 Å². The van der Waals surface area contributed by atoms with Gasteiger partial charge in [0.25, 0.3) is 0 Å². The number of rotatable bonds is 6. The number of carbonyl (C=O) groups is 1. The zero-order valence-corrected chi connectivity index (χ0v) is 18.9. The predicted octanol–water partition coefficient (Wildman–Crippen LogP) is 5.83. The van der Waals surface area contributed by atoms with Crippen LogP contribution in [0, 0.1) is 13.8 Å². The van der Waals surface area contributed by atoms with Gasteiger partial charge < -0.3 is 15.2 Å². The number of nitrogens with zero attached hydrogens (tertiary/aromatic N) is 3. The first kappa shape index (κ1) is 21.3. The van der Waals surface area contributed by atoms with Crippen molar-refractivity contribution in [3.8, 4) is 11.3 Å². The van der Waals surface area contributed by atoms with Crippen LogP contribution < -0.4 is 10.6 Å². The second-order valence-corrected chi connectivity index (χ2v) is 8.17. The highest BCUT2D eigenvalue weighted by molar-refractivity contribution is 5.95. The molecule has 7 nitrogen and oxygen atoms in total. The third kappa shape index (κ3) is 4.63. The molecule has 0 saturated heterocycles. The molecule has 0 spiro atoms. The average Bonchev–Trinajstić information content (AvgIpc) is 3.23. The van der Waals surface area contributed by atoms with Crippen LogP contribution in [0.1, 0.15) is 16.8 Å². The maximum absolute atomic E-state index is 12.6. The van der Waals surface area contributed by atoms with Crippen LogP contribution in [0.5, 0.6) is 0 Å². The number of hydrogen-bond donors (Lipinski definition) is 2. The quantitative estimate of drug-likeness (QED) is 0.339. The molecule has 5 rings (SSSR count). The van der Waals surface area contributed by atoms with Gasteiger partial charge >= 0.3 is 0 Å². The van der Waals surface area contributed by atoms with Crippen LogP contribution in [-0.2, 0) is 11.2 Å². The highest BCUT2D eigenvalue weighted by Gasteiger charge is 2.15. The molecule has 2 heterocycles. The van der Waals surface area contributed by atoms with Crippen LogP contribution in [0.4, 0.5) is 17.2 Å². The fourth-order valence-electron chi connectivity index (χ4n) is 3.98. The number of anilines is 3. The fraction of sp³-hybridized carbons (Fsp3) is 0.111. The molecule has 0 aliphatic rings.